The van der Waals surface area contributed by atoms with Crippen LogP contribution in [0.5, 0.6) is 0 Å². The Bertz CT molecular complexity index is 450. The molecule has 4 atom stereocenters. The lowest BCUT2D eigenvalue weighted by Gasteiger charge is -2.47. The van der Waals surface area contributed by atoms with E-state index in [9.17, 15) is 15.3 Å². The summed E-state index contributed by atoms with van der Waals surface area (Å²) < 4.78 is 11.1. The topological polar surface area (TPSA) is 79.2 Å². The van der Waals surface area contributed by atoms with Gasteiger partial charge in [-0.05, 0) is 11.1 Å². The van der Waals surface area contributed by atoms with Gasteiger partial charge in [-0.25, -0.2) is 0 Å². The molecule has 4 unspecified atom stereocenters. The molecule has 1 aromatic rings. The van der Waals surface area contributed by atoms with Crippen LogP contribution in [0.3, 0.4) is 0 Å². The van der Waals surface area contributed by atoms with Crippen LogP contribution in [0, 0.1) is 0 Å². The fourth-order valence-electron chi connectivity index (χ4n) is 2.55. The third-order valence-electron chi connectivity index (χ3n) is 3.69. The molecule has 0 saturated carbocycles. The minimum atomic E-state index is -1.25. The maximum atomic E-state index is 10.1. The van der Waals surface area contributed by atoms with Crippen LogP contribution in [-0.4, -0.2) is 46.0 Å². The van der Waals surface area contributed by atoms with E-state index in [0.29, 0.717) is 13.0 Å². The first-order valence-electron chi connectivity index (χ1n) is 7.01. The second-order valence-electron chi connectivity index (χ2n) is 4.86. The van der Waals surface area contributed by atoms with Crippen LogP contribution >= 0.6 is 0 Å². The van der Waals surface area contributed by atoms with Gasteiger partial charge in [-0.3, -0.25) is 0 Å². The SMILES string of the molecule is CC.OC1COC2(Cc3ccccc3CO2)C(O)C1O. The smallest absolute Gasteiger partial charge is 0.201 e. The van der Waals surface area contributed by atoms with Gasteiger partial charge in [0.05, 0.1) is 13.2 Å². The predicted molar refractivity (Wildman–Crippen MR) is 73.0 cm³/mol. The first-order chi connectivity index (χ1) is 9.62. The number of aliphatic hydroxyl groups excluding tert-OH is 3. The van der Waals surface area contributed by atoms with E-state index in [1.54, 1.807) is 0 Å². The number of aliphatic hydroxyl groups is 3. The lowest BCUT2D eigenvalue weighted by molar-refractivity contribution is -0.346. The Labute approximate surface area is 118 Å². The summed E-state index contributed by atoms with van der Waals surface area (Å²) in [4.78, 5) is 0. The molecule has 0 aromatic heterocycles. The molecule has 1 saturated heterocycles. The van der Waals surface area contributed by atoms with Gasteiger partial charge >= 0.3 is 0 Å². The number of hydrogen-bond acceptors (Lipinski definition) is 5. The van der Waals surface area contributed by atoms with Gasteiger partial charge in [0, 0.05) is 6.42 Å². The van der Waals surface area contributed by atoms with Gasteiger partial charge in [0.1, 0.15) is 18.3 Å². The Hall–Kier alpha value is -0.980. The van der Waals surface area contributed by atoms with Crippen molar-refractivity contribution in [3.05, 3.63) is 35.4 Å². The van der Waals surface area contributed by atoms with E-state index in [4.69, 9.17) is 9.47 Å². The molecular weight excluding hydrogens is 260 g/mol. The van der Waals surface area contributed by atoms with E-state index in [0.717, 1.165) is 11.1 Å². The summed E-state index contributed by atoms with van der Waals surface area (Å²) in [6.45, 7) is 4.29. The molecule has 5 nitrogen and oxygen atoms in total. The Balaban J connectivity index is 0.000000704. The molecule has 112 valence electrons. The van der Waals surface area contributed by atoms with Gasteiger partial charge in [0.2, 0.25) is 5.79 Å². The van der Waals surface area contributed by atoms with Gasteiger partial charge in [-0.15, -0.1) is 0 Å². The van der Waals surface area contributed by atoms with Gasteiger partial charge < -0.3 is 24.8 Å². The zero-order chi connectivity index (χ0) is 14.8. The zero-order valence-corrected chi connectivity index (χ0v) is 11.8. The highest BCUT2D eigenvalue weighted by Crippen LogP contribution is 2.36. The van der Waals surface area contributed by atoms with E-state index in [1.165, 1.54) is 0 Å². The molecule has 3 rings (SSSR count). The second kappa shape index (κ2) is 6.20. The molecule has 2 heterocycles. The van der Waals surface area contributed by atoms with Crippen molar-refractivity contribution in [3.8, 4) is 0 Å². The summed E-state index contributed by atoms with van der Waals surface area (Å²) in [5.41, 5.74) is 2.09. The number of fused-ring (bicyclic) bond motifs is 1. The fourth-order valence-corrected chi connectivity index (χ4v) is 2.55. The minimum absolute atomic E-state index is 0.0413. The van der Waals surface area contributed by atoms with E-state index in [2.05, 4.69) is 0 Å². The lowest BCUT2D eigenvalue weighted by atomic mass is 9.88. The van der Waals surface area contributed by atoms with Crippen LogP contribution in [-0.2, 0) is 22.5 Å². The Morgan fingerprint density at radius 3 is 2.40 bits per heavy atom. The average Bonchev–Trinajstić information content (AvgIpc) is 2.51. The van der Waals surface area contributed by atoms with Gasteiger partial charge in [0.15, 0.2) is 0 Å². The highest BCUT2D eigenvalue weighted by molar-refractivity contribution is 5.30. The van der Waals surface area contributed by atoms with Crippen LogP contribution in [0.4, 0.5) is 0 Å². The molecule has 1 aromatic carbocycles. The first kappa shape index (κ1) is 15.4. The van der Waals surface area contributed by atoms with Crippen molar-refractivity contribution in [3.63, 3.8) is 0 Å². The second-order valence-corrected chi connectivity index (χ2v) is 4.86. The van der Waals surface area contributed by atoms with Crippen LogP contribution in [0.15, 0.2) is 24.3 Å². The third kappa shape index (κ3) is 2.60. The molecule has 3 N–H and O–H groups in total. The highest BCUT2D eigenvalue weighted by Gasteiger charge is 2.52. The van der Waals surface area contributed by atoms with Crippen molar-refractivity contribution in [1.82, 2.24) is 0 Å². The number of hydrogen-bond donors (Lipinski definition) is 3. The monoisotopic (exact) mass is 282 g/mol. The van der Waals surface area contributed by atoms with Crippen molar-refractivity contribution in [2.45, 2.75) is 51.0 Å². The summed E-state index contributed by atoms with van der Waals surface area (Å²) in [7, 11) is 0. The van der Waals surface area contributed by atoms with Crippen LogP contribution in [0.25, 0.3) is 0 Å². The largest absolute Gasteiger partial charge is 0.388 e. The van der Waals surface area contributed by atoms with Crippen molar-refractivity contribution in [2.24, 2.45) is 0 Å². The third-order valence-corrected chi connectivity index (χ3v) is 3.69. The van der Waals surface area contributed by atoms with E-state index >= 15 is 0 Å². The van der Waals surface area contributed by atoms with E-state index < -0.39 is 24.1 Å². The molecule has 1 fully saturated rings. The first-order valence-corrected chi connectivity index (χ1v) is 7.01. The average molecular weight is 282 g/mol. The normalized spacial score (nSPS) is 36.0. The van der Waals surface area contributed by atoms with Crippen LogP contribution in [0.1, 0.15) is 25.0 Å². The summed E-state index contributed by atoms with van der Waals surface area (Å²) in [5.74, 6) is -1.24. The summed E-state index contributed by atoms with van der Waals surface area (Å²) >= 11 is 0. The van der Waals surface area contributed by atoms with Crippen molar-refractivity contribution >= 4 is 0 Å². The van der Waals surface area contributed by atoms with Gasteiger partial charge in [0.25, 0.3) is 0 Å². The van der Waals surface area contributed by atoms with Crippen LogP contribution < -0.4 is 0 Å². The predicted octanol–water partition coefficient (Wildman–Crippen LogP) is 0.595. The highest BCUT2D eigenvalue weighted by atomic mass is 16.7. The standard InChI is InChI=1S/C13H16O5.C2H6/c14-10-7-18-13(12(16)11(10)15)5-8-3-1-2-4-9(8)6-17-13;1-2/h1-4,10-12,14-16H,5-7H2;1-2H3. The number of benzene rings is 1. The lowest BCUT2D eigenvalue weighted by Crippen LogP contribution is -2.63. The summed E-state index contributed by atoms with van der Waals surface area (Å²) in [6, 6.07) is 7.76. The molecule has 0 radical (unpaired) electrons. The zero-order valence-electron chi connectivity index (χ0n) is 11.8. The molecule has 20 heavy (non-hydrogen) atoms. The summed E-state index contributed by atoms with van der Waals surface area (Å²) in [5, 5.41) is 29.3. The number of ether oxygens (including phenoxy) is 2. The minimum Gasteiger partial charge on any atom is -0.388 e. The molecule has 0 bridgehead atoms. The molecule has 0 aliphatic carbocycles. The Morgan fingerprint density at radius 1 is 1.05 bits per heavy atom. The molecule has 2 aliphatic heterocycles. The molecule has 2 aliphatic rings. The Morgan fingerprint density at radius 2 is 1.70 bits per heavy atom. The van der Waals surface area contributed by atoms with E-state index in [-0.39, 0.29) is 6.61 Å². The van der Waals surface area contributed by atoms with E-state index in [1.807, 2.05) is 38.1 Å². The Kier molecular flexibility index (Phi) is 4.78. The fraction of sp³-hybridized carbons (Fsp3) is 0.600. The van der Waals surface area contributed by atoms with Gasteiger partial charge in [-0.2, -0.15) is 0 Å². The van der Waals surface area contributed by atoms with Crippen LogP contribution in [0.2, 0.25) is 0 Å². The summed E-state index contributed by atoms with van der Waals surface area (Å²) in [6.07, 6.45) is -3.21. The van der Waals surface area contributed by atoms with Crippen molar-refractivity contribution in [1.29, 1.82) is 0 Å². The van der Waals surface area contributed by atoms with Crippen molar-refractivity contribution in [2.75, 3.05) is 6.61 Å². The molecule has 0 amide bonds. The maximum Gasteiger partial charge on any atom is 0.201 e. The maximum absolute atomic E-state index is 10.1. The molecule has 1 spiro atoms. The van der Waals surface area contributed by atoms with Gasteiger partial charge in [-0.1, -0.05) is 38.1 Å². The quantitative estimate of drug-likeness (QED) is 0.649. The molecule has 5 heteroatoms. The molecular formula is C15H22O5. The number of rotatable bonds is 0. The van der Waals surface area contributed by atoms with Crippen molar-refractivity contribution < 1.29 is 24.8 Å².